The number of fused-ring (bicyclic) bond motifs is 1. The van der Waals surface area contributed by atoms with Gasteiger partial charge in [0.25, 0.3) is 0 Å². The predicted octanol–water partition coefficient (Wildman–Crippen LogP) is 2.37. The molecule has 6 heteroatoms. The summed E-state index contributed by atoms with van der Waals surface area (Å²) in [5, 5.41) is 0.808. The van der Waals surface area contributed by atoms with E-state index in [4.69, 9.17) is 9.47 Å². The van der Waals surface area contributed by atoms with E-state index in [1.165, 1.54) is 14.2 Å². The maximum absolute atomic E-state index is 11.9. The number of benzene rings is 1. The number of rotatable bonds is 3. The van der Waals surface area contributed by atoms with Crippen LogP contribution in [0.5, 0.6) is 0 Å². The van der Waals surface area contributed by atoms with Crippen molar-refractivity contribution < 1.29 is 19.1 Å². The number of carbonyl (C=O) groups is 2. The van der Waals surface area contributed by atoms with Crippen molar-refractivity contribution in [3.05, 3.63) is 34.4 Å². The summed E-state index contributed by atoms with van der Waals surface area (Å²) in [6.45, 7) is 0. The standard InChI is InChI=1S/C14H14BrNO4/c1-16-7-10(9-6-8(15)4-5-11(9)16)12(13(17)19-2)14(18)20-3/h4-7,12H,1-3H3. The van der Waals surface area contributed by atoms with Crippen molar-refractivity contribution in [3.8, 4) is 0 Å². The smallest absolute Gasteiger partial charge is 0.324 e. The van der Waals surface area contributed by atoms with Crippen LogP contribution in [-0.2, 0) is 26.1 Å². The second-order valence-corrected chi connectivity index (χ2v) is 5.25. The molecule has 0 amide bonds. The van der Waals surface area contributed by atoms with Crippen molar-refractivity contribution >= 4 is 38.8 Å². The van der Waals surface area contributed by atoms with Crippen molar-refractivity contribution in [2.75, 3.05) is 14.2 Å². The first-order valence-corrected chi connectivity index (χ1v) is 6.69. The van der Waals surface area contributed by atoms with Gasteiger partial charge in [0.15, 0.2) is 5.92 Å². The Kier molecular flexibility index (Phi) is 4.13. The molecule has 20 heavy (non-hydrogen) atoms. The molecule has 1 aromatic carbocycles. The summed E-state index contributed by atoms with van der Waals surface area (Å²) in [6.07, 6.45) is 1.75. The third-order valence-corrected chi connectivity index (χ3v) is 3.66. The summed E-state index contributed by atoms with van der Waals surface area (Å²) in [5.41, 5.74) is 1.49. The molecule has 5 nitrogen and oxygen atoms in total. The molecule has 0 aliphatic rings. The summed E-state index contributed by atoms with van der Waals surface area (Å²) >= 11 is 3.39. The van der Waals surface area contributed by atoms with Crippen LogP contribution < -0.4 is 0 Å². The molecule has 0 aliphatic carbocycles. The lowest BCUT2D eigenvalue weighted by atomic mass is 9.99. The van der Waals surface area contributed by atoms with Crippen LogP contribution in [0.15, 0.2) is 28.9 Å². The van der Waals surface area contributed by atoms with E-state index < -0.39 is 17.9 Å². The van der Waals surface area contributed by atoms with Gasteiger partial charge in [-0.15, -0.1) is 0 Å². The van der Waals surface area contributed by atoms with E-state index in [0.29, 0.717) is 5.56 Å². The minimum absolute atomic E-state index is 0.572. The maximum atomic E-state index is 11.9. The Bertz CT molecular complexity index is 661. The van der Waals surface area contributed by atoms with Crippen molar-refractivity contribution in [1.29, 1.82) is 0 Å². The molecule has 0 fully saturated rings. The number of halogens is 1. The molecule has 0 saturated carbocycles. The summed E-state index contributed by atoms with van der Waals surface area (Å²) in [7, 11) is 4.35. The van der Waals surface area contributed by atoms with Crippen molar-refractivity contribution in [2.45, 2.75) is 5.92 Å². The molecular weight excluding hydrogens is 326 g/mol. The van der Waals surface area contributed by atoms with Gasteiger partial charge in [-0.2, -0.15) is 0 Å². The first kappa shape index (κ1) is 14.6. The number of hydrogen-bond donors (Lipinski definition) is 0. The number of ether oxygens (including phenoxy) is 2. The Hall–Kier alpha value is -1.82. The molecule has 1 aromatic heterocycles. The number of aromatic nitrogens is 1. The van der Waals surface area contributed by atoms with Crippen molar-refractivity contribution in [1.82, 2.24) is 4.57 Å². The summed E-state index contributed by atoms with van der Waals surface area (Å²) in [5.74, 6) is -2.35. The number of nitrogens with zero attached hydrogens (tertiary/aromatic N) is 1. The van der Waals surface area contributed by atoms with E-state index in [9.17, 15) is 9.59 Å². The Labute approximate surface area is 124 Å². The Morgan fingerprint density at radius 2 is 1.80 bits per heavy atom. The first-order valence-electron chi connectivity index (χ1n) is 5.89. The van der Waals surface area contributed by atoms with Crippen LogP contribution in [0.1, 0.15) is 11.5 Å². The van der Waals surface area contributed by atoms with E-state index in [1.807, 2.05) is 29.8 Å². The van der Waals surface area contributed by atoms with Gasteiger partial charge in [0.2, 0.25) is 0 Å². The van der Waals surface area contributed by atoms with E-state index in [1.54, 1.807) is 6.20 Å². The highest BCUT2D eigenvalue weighted by atomic mass is 79.9. The molecule has 0 spiro atoms. The SMILES string of the molecule is COC(=O)C(C(=O)OC)c1cn(C)c2ccc(Br)cc12. The zero-order valence-electron chi connectivity index (χ0n) is 11.3. The summed E-state index contributed by atoms with van der Waals surface area (Å²) in [4.78, 5) is 23.8. The highest BCUT2D eigenvalue weighted by Crippen LogP contribution is 2.31. The van der Waals surface area contributed by atoms with Gasteiger partial charge in [-0.25, -0.2) is 0 Å². The van der Waals surface area contributed by atoms with Crippen LogP contribution >= 0.6 is 15.9 Å². The third kappa shape index (κ3) is 2.43. The number of carbonyl (C=O) groups excluding carboxylic acids is 2. The van der Waals surface area contributed by atoms with Crippen LogP contribution in [0.4, 0.5) is 0 Å². The lowest BCUT2D eigenvalue weighted by Gasteiger charge is -2.11. The largest absolute Gasteiger partial charge is 0.468 e. The van der Waals surface area contributed by atoms with Gasteiger partial charge in [0.1, 0.15) is 0 Å². The molecule has 0 atom stereocenters. The maximum Gasteiger partial charge on any atom is 0.324 e. The molecule has 2 rings (SSSR count). The highest BCUT2D eigenvalue weighted by Gasteiger charge is 2.33. The van der Waals surface area contributed by atoms with Gasteiger partial charge >= 0.3 is 11.9 Å². The van der Waals surface area contributed by atoms with Crippen LogP contribution in [-0.4, -0.2) is 30.7 Å². The average molecular weight is 340 g/mol. The van der Waals surface area contributed by atoms with Gasteiger partial charge in [0.05, 0.1) is 14.2 Å². The number of hydrogen-bond acceptors (Lipinski definition) is 4. The van der Waals surface area contributed by atoms with E-state index >= 15 is 0 Å². The second kappa shape index (κ2) is 5.66. The topological polar surface area (TPSA) is 57.5 Å². The fourth-order valence-corrected chi connectivity index (χ4v) is 2.57. The minimum Gasteiger partial charge on any atom is -0.468 e. The van der Waals surface area contributed by atoms with E-state index in [-0.39, 0.29) is 0 Å². The monoisotopic (exact) mass is 339 g/mol. The van der Waals surface area contributed by atoms with Gasteiger partial charge in [0, 0.05) is 34.2 Å². The fourth-order valence-electron chi connectivity index (χ4n) is 2.21. The zero-order valence-corrected chi connectivity index (χ0v) is 12.9. The molecule has 106 valence electrons. The molecule has 0 unspecified atom stereocenters. The minimum atomic E-state index is -1.08. The molecule has 2 aromatic rings. The highest BCUT2D eigenvalue weighted by molar-refractivity contribution is 9.10. The van der Waals surface area contributed by atoms with Crippen LogP contribution in [0.2, 0.25) is 0 Å². The molecular formula is C14H14BrNO4. The van der Waals surface area contributed by atoms with Gasteiger partial charge in [-0.3, -0.25) is 9.59 Å². The lowest BCUT2D eigenvalue weighted by molar-refractivity contribution is -0.154. The quantitative estimate of drug-likeness (QED) is 0.636. The molecule has 0 N–H and O–H groups in total. The predicted molar refractivity (Wildman–Crippen MR) is 77.4 cm³/mol. The van der Waals surface area contributed by atoms with Gasteiger partial charge < -0.3 is 14.0 Å². The van der Waals surface area contributed by atoms with Gasteiger partial charge in [-0.05, 0) is 18.2 Å². The van der Waals surface area contributed by atoms with Crippen LogP contribution in [0.25, 0.3) is 10.9 Å². The normalized spacial score (nSPS) is 10.8. The first-order chi connectivity index (χ1) is 9.49. The van der Waals surface area contributed by atoms with E-state index in [2.05, 4.69) is 15.9 Å². The Morgan fingerprint density at radius 1 is 1.20 bits per heavy atom. The van der Waals surface area contributed by atoms with E-state index in [0.717, 1.165) is 15.4 Å². The lowest BCUT2D eigenvalue weighted by Crippen LogP contribution is -2.24. The molecule has 0 aliphatic heterocycles. The van der Waals surface area contributed by atoms with Crippen molar-refractivity contribution in [3.63, 3.8) is 0 Å². The van der Waals surface area contributed by atoms with Crippen LogP contribution in [0.3, 0.4) is 0 Å². The molecule has 0 bridgehead atoms. The number of esters is 2. The summed E-state index contributed by atoms with van der Waals surface area (Å²) < 4.78 is 12.2. The number of methoxy groups -OCH3 is 2. The summed E-state index contributed by atoms with van der Waals surface area (Å²) in [6, 6.07) is 5.68. The Balaban J connectivity index is 2.67. The molecule has 0 radical (unpaired) electrons. The zero-order chi connectivity index (χ0) is 14.9. The van der Waals surface area contributed by atoms with Crippen molar-refractivity contribution in [2.24, 2.45) is 7.05 Å². The molecule has 0 saturated heterocycles. The van der Waals surface area contributed by atoms with Gasteiger partial charge in [-0.1, -0.05) is 15.9 Å². The second-order valence-electron chi connectivity index (χ2n) is 4.34. The molecule has 1 heterocycles. The van der Waals surface area contributed by atoms with Crippen LogP contribution in [0, 0.1) is 0 Å². The average Bonchev–Trinajstić information content (AvgIpc) is 2.75. The Morgan fingerprint density at radius 3 is 2.35 bits per heavy atom. The third-order valence-electron chi connectivity index (χ3n) is 3.17. The fraction of sp³-hybridized carbons (Fsp3) is 0.286. The number of aryl methyl sites for hydroxylation is 1.